The van der Waals surface area contributed by atoms with E-state index in [-0.39, 0.29) is 37.4 Å². The van der Waals surface area contributed by atoms with Crippen LogP contribution in [0.3, 0.4) is 0 Å². The van der Waals surface area contributed by atoms with Crippen LogP contribution in [0.2, 0.25) is 0 Å². The van der Waals surface area contributed by atoms with E-state index < -0.39 is 23.9 Å². The van der Waals surface area contributed by atoms with E-state index in [4.69, 9.17) is 39.8 Å². The van der Waals surface area contributed by atoms with Crippen LogP contribution in [0.4, 0.5) is 0 Å². The van der Waals surface area contributed by atoms with Crippen LogP contribution in [-0.4, -0.2) is 64.2 Å². The van der Waals surface area contributed by atoms with Crippen LogP contribution in [0.15, 0.2) is 98.1 Å². The summed E-state index contributed by atoms with van der Waals surface area (Å²) in [6.45, 7) is 0. The first-order valence-electron chi connectivity index (χ1n) is 10.0. The molecule has 0 spiro atoms. The second-order valence-corrected chi connectivity index (χ2v) is 8.70. The molecule has 0 aliphatic heterocycles. The Morgan fingerprint density at radius 3 is 0.641 bits per heavy atom. The van der Waals surface area contributed by atoms with Gasteiger partial charge in [-0.15, -0.1) is 0 Å². The van der Waals surface area contributed by atoms with Crippen LogP contribution in [-0.2, 0) is 15.1 Å². The van der Waals surface area contributed by atoms with Gasteiger partial charge in [0.2, 0.25) is 0 Å². The van der Waals surface area contributed by atoms with E-state index in [2.05, 4.69) is 19.9 Å². The fourth-order valence-electron chi connectivity index (χ4n) is 1.98. The summed E-state index contributed by atoms with van der Waals surface area (Å²) < 4.78 is 0. The molecule has 0 radical (unpaired) electrons. The van der Waals surface area contributed by atoms with E-state index in [1.807, 2.05) is 0 Å². The molecule has 39 heavy (non-hydrogen) atoms. The number of carboxylic acid groups (broad SMARTS) is 4. The van der Waals surface area contributed by atoms with Crippen molar-refractivity contribution >= 4 is 43.3 Å². The Morgan fingerprint density at radius 2 is 0.564 bits per heavy atom. The minimum absolute atomic E-state index is 0.226. The molecular formula is C24H20Cl2N4O8Rh+. The summed E-state index contributed by atoms with van der Waals surface area (Å²) in [6.07, 6.45) is 11.6. The van der Waals surface area contributed by atoms with Crippen molar-refractivity contribution in [1.29, 1.82) is 0 Å². The van der Waals surface area contributed by atoms with E-state index in [1.54, 1.807) is 0 Å². The van der Waals surface area contributed by atoms with E-state index >= 15 is 0 Å². The van der Waals surface area contributed by atoms with E-state index in [9.17, 15) is 19.2 Å². The third kappa shape index (κ3) is 17.7. The van der Waals surface area contributed by atoms with Gasteiger partial charge in [0.1, 0.15) is 0 Å². The van der Waals surface area contributed by atoms with E-state index in [1.165, 1.54) is 98.1 Å². The molecule has 15 heteroatoms. The maximum absolute atomic E-state index is 10.2. The summed E-state index contributed by atoms with van der Waals surface area (Å²) in [7, 11) is 9.67. The third-order valence-corrected chi connectivity index (χ3v) is 3.71. The van der Waals surface area contributed by atoms with Gasteiger partial charge < -0.3 is 20.4 Å². The first-order chi connectivity index (χ1) is 18.6. The van der Waals surface area contributed by atoms with Gasteiger partial charge in [0.15, 0.2) is 0 Å². The number of hydrogen-bond acceptors (Lipinski definition) is 8. The summed E-state index contributed by atoms with van der Waals surface area (Å²) in [4.78, 5) is 55.4. The van der Waals surface area contributed by atoms with Crippen molar-refractivity contribution in [3.63, 3.8) is 0 Å². The zero-order valence-electron chi connectivity index (χ0n) is 19.5. The zero-order chi connectivity index (χ0) is 29.5. The quantitative estimate of drug-likeness (QED) is 0.223. The number of hydrogen-bond donors (Lipinski definition) is 4. The van der Waals surface area contributed by atoms with E-state index in [0.717, 1.165) is 0 Å². The van der Waals surface area contributed by atoms with Crippen LogP contribution in [0.5, 0.6) is 0 Å². The average molecular weight is 666 g/mol. The molecule has 0 amide bonds. The second kappa shape index (κ2) is 21.7. The van der Waals surface area contributed by atoms with Gasteiger partial charge in [-0.3, -0.25) is 19.9 Å². The molecule has 0 atom stereocenters. The molecule has 0 aliphatic rings. The molecule has 4 heterocycles. The van der Waals surface area contributed by atoms with Crippen LogP contribution >= 0.6 is 19.4 Å². The van der Waals surface area contributed by atoms with Gasteiger partial charge in [-0.2, -0.15) is 0 Å². The van der Waals surface area contributed by atoms with Crippen molar-refractivity contribution < 1.29 is 54.7 Å². The third-order valence-electron chi connectivity index (χ3n) is 3.71. The van der Waals surface area contributed by atoms with Crippen LogP contribution < -0.4 is 0 Å². The molecular weight excluding hydrogens is 646 g/mol. The number of aromatic carboxylic acids is 4. The Balaban J connectivity index is 0.000000477. The molecule has 4 rings (SSSR count). The Bertz CT molecular complexity index is 1060. The molecule has 4 aromatic rings. The zero-order valence-corrected chi connectivity index (χ0v) is 22.7. The van der Waals surface area contributed by atoms with Crippen LogP contribution in [0.1, 0.15) is 41.4 Å². The molecule has 206 valence electrons. The normalized spacial score (nSPS) is 8.77. The molecule has 0 fully saturated rings. The standard InChI is InChI=1S/4C6H5NO2.2ClH.Rh/c4*8-6(9)5-1-3-7-4-2-5;;;/h4*1-4H,(H,8,9);2*1H;/q;;;;;;+3/p-2. The van der Waals surface area contributed by atoms with Gasteiger partial charge in [0, 0.05) is 49.6 Å². The average Bonchev–Trinajstić information content (AvgIpc) is 2.96. The molecule has 0 saturated heterocycles. The molecule has 0 saturated carbocycles. The van der Waals surface area contributed by atoms with Crippen molar-refractivity contribution in [3.8, 4) is 0 Å². The number of carbonyl (C=O) groups is 4. The summed E-state index contributed by atoms with van der Waals surface area (Å²) in [5.41, 5.74) is 1.07. The number of nitrogens with zero attached hydrogens (tertiary/aromatic N) is 4. The Labute approximate surface area is 237 Å². The molecule has 4 N–H and O–H groups in total. The Kier molecular flexibility index (Phi) is 19.3. The van der Waals surface area contributed by atoms with Gasteiger partial charge >= 0.3 is 58.4 Å². The summed E-state index contributed by atoms with van der Waals surface area (Å²) >= 11 is -0.226. The maximum atomic E-state index is 10.2. The number of pyridine rings is 4. The number of rotatable bonds is 4. The number of halogens is 2. The van der Waals surface area contributed by atoms with Crippen molar-refractivity contribution in [1.82, 2.24) is 19.9 Å². The SMILES string of the molecule is O=C(O)c1ccncc1.O=C(O)c1ccncc1.O=C(O)c1ccncc1.O=C(O)c1ccncc1.[Cl][Rh+][Cl]. The van der Waals surface area contributed by atoms with Gasteiger partial charge in [0.05, 0.1) is 22.3 Å². The van der Waals surface area contributed by atoms with Gasteiger partial charge in [-0.1, -0.05) is 0 Å². The Morgan fingerprint density at radius 1 is 0.436 bits per heavy atom. The predicted octanol–water partition coefficient (Wildman–Crippen LogP) is 4.50. The van der Waals surface area contributed by atoms with Crippen molar-refractivity contribution in [2.75, 3.05) is 0 Å². The number of aromatic nitrogens is 4. The first-order valence-corrected chi connectivity index (χ1v) is 14.2. The summed E-state index contributed by atoms with van der Waals surface area (Å²) in [6, 6.07) is 11.6. The van der Waals surface area contributed by atoms with Crippen molar-refractivity contribution in [3.05, 3.63) is 120 Å². The van der Waals surface area contributed by atoms with E-state index in [0.29, 0.717) is 0 Å². The van der Waals surface area contributed by atoms with Crippen molar-refractivity contribution in [2.24, 2.45) is 0 Å². The molecule has 0 aromatic carbocycles. The van der Waals surface area contributed by atoms with Crippen molar-refractivity contribution in [2.45, 2.75) is 0 Å². The fourth-order valence-corrected chi connectivity index (χ4v) is 1.98. The summed E-state index contributed by atoms with van der Waals surface area (Å²) in [5, 5.41) is 33.4. The van der Waals surface area contributed by atoms with Crippen LogP contribution in [0, 0.1) is 0 Å². The van der Waals surface area contributed by atoms with Gasteiger partial charge in [0.25, 0.3) is 0 Å². The van der Waals surface area contributed by atoms with Gasteiger partial charge in [-0.25, -0.2) is 19.2 Å². The Hall–Kier alpha value is -4.32. The van der Waals surface area contributed by atoms with Gasteiger partial charge in [-0.05, 0) is 48.5 Å². The first kappa shape index (κ1) is 34.7. The monoisotopic (exact) mass is 665 g/mol. The summed E-state index contributed by atoms with van der Waals surface area (Å²) in [5.74, 6) is -3.68. The molecule has 0 aliphatic carbocycles. The minimum atomic E-state index is -0.919. The second-order valence-electron chi connectivity index (χ2n) is 6.21. The fraction of sp³-hybridized carbons (Fsp3) is 0. The predicted molar refractivity (Wildman–Crippen MR) is 136 cm³/mol. The topological polar surface area (TPSA) is 201 Å². The molecule has 4 aromatic heterocycles. The molecule has 12 nitrogen and oxygen atoms in total. The molecule has 0 unspecified atom stereocenters. The van der Waals surface area contributed by atoms with Crippen LogP contribution in [0.25, 0.3) is 0 Å². The molecule has 0 bridgehead atoms. The number of carboxylic acids is 4.